The predicted octanol–water partition coefficient (Wildman–Crippen LogP) is 5.61. The van der Waals surface area contributed by atoms with Gasteiger partial charge in [0.1, 0.15) is 11.8 Å². The van der Waals surface area contributed by atoms with E-state index >= 15 is 0 Å². The summed E-state index contributed by atoms with van der Waals surface area (Å²) in [6.07, 6.45) is 4.65. The Labute approximate surface area is 348 Å². The molecule has 5 amide bonds. The van der Waals surface area contributed by atoms with Gasteiger partial charge in [-0.15, -0.1) is 0 Å². The van der Waals surface area contributed by atoms with Crippen LogP contribution in [0.25, 0.3) is 4.85 Å². The van der Waals surface area contributed by atoms with Crippen molar-refractivity contribution in [2.24, 2.45) is 11.3 Å². The molecule has 14 heteroatoms. The zero-order valence-electron chi connectivity index (χ0n) is 33.0. The van der Waals surface area contributed by atoms with Gasteiger partial charge in [-0.1, -0.05) is 17.7 Å². The first kappa shape index (κ1) is 38.9. The highest BCUT2D eigenvalue weighted by molar-refractivity contribution is 6.33. The van der Waals surface area contributed by atoms with Crippen LogP contribution in [0.4, 0.5) is 17.1 Å². The highest BCUT2D eigenvalue weighted by Crippen LogP contribution is 2.46. The number of carbonyl (C=O) groups is 6. The maximum atomic E-state index is 13.6. The van der Waals surface area contributed by atoms with Crippen LogP contribution in [0.3, 0.4) is 0 Å². The van der Waals surface area contributed by atoms with Crippen LogP contribution in [0.15, 0.2) is 54.6 Å². The minimum absolute atomic E-state index is 0.0204. The lowest BCUT2D eigenvalue weighted by Crippen LogP contribution is -2.54. The molecule has 0 saturated carbocycles. The third kappa shape index (κ3) is 7.16. The fraction of sp³-hybridized carbons (Fsp3) is 0.444. The number of carbonyl (C=O) groups excluding carboxylic acids is 6. The van der Waals surface area contributed by atoms with Crippen LogP contribution in [0.1, 0.15) is 94.1 Å². The predicted molar refractivity (Wildman–Crippen MR) is 220 cm³/mol. The standard InChI is InChI=1S/C45H46ClN7O6/c1-27-22-45(26-52(27)33-7-8-37(47-2)36(46)21-33)13-17-50(18-14-45)32-5-3-29(4-6-32)42(57)51-15-11-28(12-16-51)39(54)25-49-23-30-19-34-35(20-31(30)24-49)44(59)53(43(34)58)38-9-10-40(55)48-41(38)56/h3-8,19-21,27-28,38H,9-18,22-26H2,1H3,(H,48,55,56)/t27-,38?/m0/s1. The molecule has 6 aliphatic rings. The van der Waals surface area contributed by atoms with E-state index in [0.29, 0.717) is 61.3 Å². The lowest BCUT2D eigenvalue weighted by Gasteiger charge is -2.40. The van der Waals surface area contributed by atoms with Gasteiger partial charge in [0.05, 0.1) is 24.2 Å². The maximum absolute atomic E-state index is 13.6. The topological polar surface area (TPSA) is 135 Å². The van der Waals surface area contributed by atoms with E-state index in [-0.39, 0.29) is 53.5 Å². The van der Waals surface area contributed by atoms with Gasteiger partial charge in [0.2, 0.25) is 17.5 Å². The molecule has 9 rings (SSSR count). The molecule has 0 aliphatic carbocycles. The molecule has 3 aromatic carbocycles. The van der Waals surface area contributed by atoms with Crippen molar-refractivity contribution in [3.05, 3.63) is 98.9 Å². The van der Waals surface area contributed by atoms with Crippen LogP contribution in [-0.4, -0.2) is 101 Å². The number of rotatable bonds is 7. The molecule has 1 spiro atoms. The van der Waals surface area contributed by atoms with Crippen molar-refractivity contribution in [1.82, 2.24) is 20.0 Å². The summed E-state index contributed by atoms with van der Waals surface area (Å²) < 4.78 is 0. The van der Waals surface area contributed by atoms with Crippen LogP contribution in [0.2, 0.25) is 5.02 Å². The molecule has 0 bridgehead atoms. The molecule has 0 radical (unpaired) electrons. The van der Waals surface area contributed by atoms with Crippen LogP contribution in [0, 0.1) is 17.9 Å². The van der Waals surface area contributed by atoms with Crippen molar-refractivity contribution >= 4 is 64.0 Å². The molecule has 6 aliphatic heterocycles. The second kappa shape index (κ2) is 15.2. The van der Waals surface area contributed by atoms with Crippen LogP contribution >= 0.6 is 11.6 Å². The number of halogens is 1. The number of fused-ring (bicyclic) bond motifs is 2. The van der Waals surface area contributed by atoms with Gasteiger partial charge in [-0.05, 0) is 111 Å². The zero-order valence-corrected chi connectivity index (χ0v) is 33.8. The van der Waals surface area contributed by atoms with Gasteiger partial charge >= 0.3 is 0 Å². The van der Waals surface area contributed by atoms with E-state index in [2.05, 4.69) is 39.0 Å². The Kier molecular flexibility index (Phi) is 10.0. The van der Waals surface area contributed by atoms with Crippen molar-refractivity contribution in [2.75, 3.05) is 49.1 Å². The molecular formula is C45H46ClN7O6. The van der Waals surface area contributed by atoms with Gasteiger partial charge in [0, 0.05) is 86.2 Å². The number of nitrogens with one attached hydrogen (secondary N) is 1. The number of benzene rings is 3. The number of likely N-dealkylation sites (tertiary alicyclic amines) is 1. The second-order valence-electron chi connectivity index (χ2n) is 17.3. The number of piperidine rings is 3. The average Bonchev–Trinajstić information content (AvgIpc) is 3.86. The molecule has 13 nitrogen and oxygen atoms in total. The molecule has 0 aromatic heterocycles. The summed E-state index contributed by atoms with van der Waals surface area (Å²) in [7, 11) is 0. The zero-order chi connectivity index (χ0) is 41.2. The quantitative estimate of drug-likeness (QED) is 0.239. The summed E-state index contributed by atoms with van der Waals surface area (Å²) in [4.78, 5) is 90.9. The molecule has 4 fully saturated rings. The smallest absolute Gasteiger partial charge is 0.262 e. The number of hydrogen-bond acceptors (Lipinski definition) is 9. The Hall–Kier alpha value is -5.58. The number of imide groups is 2. The van der Waals surface area contributed by atoms with Gasteiger partial charge in [-0.2, -0.15) is 0 Å². The molecule has 59 heavy (non-hydrogen) atoms. The Morgan fingerprint density at radius 3 is 2.12 bits per heavy atom. The highest BCUT2D eigenvalue weighted by atomic mass is 35.5. The Morgan fingerprint density at radius 2 is 1.51 bits per heavy atom. The summed E-state index contributed by atoms with van der Waals surface area (Å²) in [5.74, 6) is -2.17. The molecule has 6 heterocycles. The number of nitrogens with zero attached hydrogens (tertiary/aromatic N) is 6. The van der Waals surface area contributed by atoms with Crippen molar-refractivity contribution in [3.63, 3.8) is 0 Å². The minimum atomic E-state index is -1.01. The van der Waals surface area contributed by atoms with E-state index in [4.69, 9.17) is 18.2 Å². The number of ketones is 1. The van der Waals surface area contributed by atoms with Crippen molar-refractivity contribution in [3.8, 4) is 0 Å². The Morgan fingerprint density at radius 1 is 0.864 bits per heavy atom. The molecule has 1 unspecified atom stereocenters. The average molecular weight is 816 g/mol. The largest absolute Gasteiger partial charge is 0.371 e. The molecule has 3 aromatic rings. The first-order valence-corrected chi connectivity index (χ1v) is 21.0. The van der Waals surface area contributed by atoms with Gasteiger partial charge < -0.3 is 14.7 Å². The second-order valence-corrected chi connectivity index (χ2v) is 17.7. The number of Topliss-reactive ketones (excluding diaryl/α,β-unsaturated/α-hetero) is 1. The van der Waals surface area contributed by atoms with Crippen LogP contribution in [0.5, 0.6) is 0 Å². The monoisotopic (exact) mass is 815 g/mol. The fourth-order valence-electron chi connectivity index (χ4n) is 10.3. The van der Waals surface area contributed by atoms with E-state index in [0.717, 1.165) is 66.3 Å². The third-order valence-electron chi connectivity index (χ3n) is 13.6. The van der Waals surface area contributed by atoms with Crippen LogP contribution in [-0.2, 0) is 27.5 Å². The van der Waals surface area contributed by atoms with Crippen molar-refractivity contribution < 1.29 is 28.8 Å². The molecular weight excluding hydrogens is 770 g/mol. The SMILES string of the molecule is [C-]#[N+]c1ccc(N2CC3(CCN(c4ccc(C(=O)N5CCC(C(=O)CN6Cc7cc8c(cc7C6)C(=O)N(C6CCC(=O)NC6=O)C8=O)CC5)cc4)CC3)C[C@@H]2C)cc1Cl. The van der Waals surface area contributed by atoms with E-state index in [1.807, 2.05) is 40.1 Å². The van der Waals surface area contributed by atoms with E-state index < -0.39 is 29.7 Å². The third-order valence-corrected chi connectivity index (χ3v) is 13.9. The summed E-state index contributed by atoms with van der Waals surface area (Å²) in [6.45, 7) is 14.6. The summed E-state index contributed by atoms with van der Waals surface area (Å²) in [6, 6.07) is 16.5. The van der Waals surface area contributed by atoms with Crippen LogP contribution < -0.4 is 15.1 Å². The first-order valence-electron chi connectivity index (χ1n) is 20.6. The summed E-state index contributed by atoms with van der Waals surface area (Å²) >= 11 is 6.38. The highest BCUT2D eigenvalue weighted by Gasteiger charge is 2.46. The van der Waals surface area contributed by atoms with Gasteiger partial charge in [-0.3, -0.25) is 43.9 Å². The number of hydrogen-bond donors (Lipinski definition) is 1. The summed E-state index contributed by atoms with van der Waals surface area (Å²) in [5, 5.41) is 2.72. The van der Waals surface area contributed by atoms with E-state index in [1.165, 1.54) is 0 Å². The normalized spacial score (nSPS) is 23.1. The van der Waals surface area contributed by atoms with Crippen molar-refractivity contribution in [2.45, 2.75) is 77.0 Å². The summed E-state index contributed by atoms with van der Waals surface area (Å²) in [5.41, 5.74) is 5.80. The van der Waals surface area contributed by atoms with E-state index in [1.54, 1.807) is 12.1 Å². The molecule has 4 saturated heterocycles. The number of anilines is 2. The molecule has 2 atom stereocenters. The Bertz CT molecular complexity index is 2280. The first-order chi connectivity index (χ1) is 28.4. The maximum Gasteiger partial charge on any atom is 0.262 e. The Balaban J connectivity index is 0.739. The van der Waals surface area contributed by atoms with Gasteiger partial charge in [0.15, 0.2) is 0 Å². The lowest BCUT2D eigenvalue weighted by molar-refractivity contribution is -0.136. The fourth-order valence-corrected chi connectivity index (χ4v) is 10.5. The number of amides is 5. The lowest BCUT2D eigenvalue weighted by atomic mass is 9.76. The van der Waals surface area contributed by atoms with Gasteiger partial charge in [-0.25, -0.2) is 4.85 Å². The molecule has 1 N–H and O–H groups in total. The minimum Gasteiger partial charge on any atom is -0.371 e. The molecule has 304 valence electrons. The van der Waals surface area contributed by atoms with Gasteiger partial charge in [0.25, 0.3) is 17.7 Å². The van der Waals surface area contributed by atoms with Crippen molar-refractivity contribution in [1.29, 1.82) is 0 Å². The van der Waals surface area contributed by atoms with E-state index in [9.17, 15) is 28.8 Å².